The fourth-order valence-electron chi connectivity index (χ4n) is 2.07. The Labute approximate surface area is 96.2 Å². The van der Waals surface area contributed by atoms with Crippen LogP contribution < -0.4 is 5.73 Å². The van der Waals surface area contributed by atoms with Crippen LogP contribution in [0.1, 0.15) is 31.4 Å². The molecule has 2 N–H and O–H groups in total. The largest absolute Gasteiger partial charge is 0.446 e. The maximum absolute atomic E-state index is 5.71. The third-order valence-electron chi connectivity index (χ3n) is 2.84. The van der Waals surface area contributed by atoms with Crippen LogP contribution in [-0.2, 0) is 17.6 Å². The number of rotatable bonds is 4. The van der Waals surface area contributed by atoms with Gasteiger partial charge in [0.25, 0.3) is 0 Å². The fraction of sp³-hybridized carbons (Fsp3) is 0.750. The maximum atomic E-state index is 5.71. The van der Waals surface area contributed by atoms with Gasteiger partial charge in [-0.1, -0.05) is 0 Å². The summed E-state index contributed by atoms with van der Waals surface area (Å²) in [6.45, 7) is 3.71. The molecule has 1 aromatic heterocycles. The van der Waals surface area contributed by atoms with Gasteiger partial charge in [-0.15, -0.1) is 0 Å². The van der Waals surface area contributed by atoms with Crippen LogP contribution in [0.25, 0.3) is 0 Å². The third kappa shape index (κ3) is 3.32. The quantitative estimate of drug-likeness (QED) is 0.842. The molecule has 2 heterocycles. The molecule has 0 radical (unpaired) electrons. The second kappa shape index (κ2) is 5.46. The van der Waals surface area contributed by atoms with Crippen molar-refractivity contribution < 1.29 is 9.15 Å². The van der Waals surface area contributed by atoms with E-state index < -0.39 is 0 Å². The lowest BCUT2D eigenvalue weighted by atomic mass is 9.99. The van der Waals surface area contributed by atoms with Gasteiger partial charge < -0.3 is 14.9 Å². The van der Waals surface area contributed by atoms with Crippen molar-refractivity contribution in [2.75, 3.05) is 13.2 Å². The Hall–Kier alpha value is -0.870. The minimum atomic E-state index is 0.124. The minimum absolute atomic E-state index is 0.124. The van der Waals surface area contributed by atoms with Gasteiger partial charge in [-0.2, -0.15) is 0 Å². The molecule has 0 saturated carbocycles. The van der Waals surface area contributed by atoms with Crippen LogP contribution in [0.5, 0.6) is 0 Å². The Morgan fingerprint density at radius 3 is 3.19 bits per heavy atom. The number of hydrogen-bond donors (Lipinski definition) is 1. The highest BCUT2D eigenvalue weighted by atomic mass is 16.5. The van der Waals surface area contributed by atoms with E-state index in [9.17, 15) is 0 Å². The van der Waals surface area contributed by atoms with Crippen molar-refractivity contribution in [2.45, 2.75) is 38.6 Å². The summed E-state index contributed by atoms with van der Waals surface area (Å²) in [6.07, 6.45) is 5.80. The number of oxazole rings is 1. The second-order valence-corrected chi connectivity index (χ2v) is 4.69. The number of hydrogen-bond acceptors (Lipinski definition) is 4. The predicted molar refractivity (Wildman–Crippen MR) is 61.1 cm³/mol. The summed E-state index contributed by atoms with van der Waals surface area (Å²) < 4.78 is 11.1. The fourth-order valence-corrected chi connectivity index (χ4v) is 2.07. The van der Waals surface area contributed by atoms with E-state index in [0.29, 0.717) is 5.92 Å². The first-order valence-corrected chi connectivity index (χ1v) is 6.01. The lowest BCUT2D eigenvalue weighted by Crippen LogP contribution is -2.19. The van der Waals surface area contributed by atoms with Crippen LogP contribution in [0.3, 0.4) is 0 Å². The molecule has 4 heteroatoms. The molecule has 2 unspecified atom stereocenters. The van der Waals surface area contributed by atoms with E-state index in [2.05, 4.69) is 4.98 Å². The standard InChI is InChI=1S/C12H20N2O2/c1-9(13)5-11-7-14-12(16-11)6-10-3-2-4-15-8-10/h7,9-10H,2-6,8,13H2,1H3. The smallest absolute Gasteiger partial charge is 0.194 e. The lowest BCUT2D eigenvalue weighted by molar-refractivity contribution is 0.0525. The Balaban J connectivity index is 1.86. The van der Waals surface area contributed by atoms with E-state index in [0.717, 1.165) is 44.1 Å². The molecule has 0 aliphatic carbocycles. The zero-order valence-electron chi connectivity index (χ0n) is 9.82. The summed E-state index contributed by atoms with van der Waals surface area (Å²) >= 11 is 0. The molecule has 2 rings (SSSR count). The molecule has 0 aromatic carbocycles. The average molecular weight is 224 g/mol. The Kier molecular flexibility index (Phi) is 3.96. The Morgan fingerprint density at radius 2 is 2.50 bits per heavy atom. The van der Waals surface area contributed by atoms with Crippen molar-refractivity contribution in [1.82, 2.24) is 4.98 Å². The summed E-state index contributed by atoms with van der Waals surface area (Å²) in [7, 11) is 0. The number of nitrogens with two attached hydrogens (primary N) is 1. The van der Waals surface area contributed by atoms with Crippen molar-refractivity contribution in [3.05, 3.63) is 17.8 Å². The SMILES string of the molecule is CC(N)Cc1cnc(CC2CCCOC2)o1. The van der Waals surface area contributed by atoms with Crippen molar-refractivity contribution in [3.63, 3.8) is 0 Å². The van der Waals surface area contributed by atoms with Gasteiger partial charge >= 0.3 is 0 Å². The lowest BCUT2D eigenvalue weighted by Gasteiger charge is -2.20. The monoisotopic (exact) mass is 224 g/mol. The van der Waals surface area contributed by atoms with Gasteiger partial charge in [0.1, 0.15) is 5.76 Å². The second-order valence-electron chi connectivity index (χ2n) is 4.69. The normalized spacial score (nSPS) is 23.2. The first-order valence-electron chi connectivity index (χ1n) is 6.01. The number of nitrogens with zero attached hydrogens (tertiary/aromatic N) is 1. The molecule has 1 aliphatic rings. The molecule has 1 saturated heterocycles. The van der Waals surface area contributed by atoms with E-state index in [1.807, 2.05) is 6.92 Å². The van der Waals surface area contributed by atoms with E-state index in [4.69, 9.17) is 14.9 Å². The van der Waals surface area contributed by atoms with Gasteiger partial charge in [0.05, 0.1) is 6.20 Å². The molecule has 1 aromatic rings. The molecule has 1 aliphatic heterocycles. The van der Waals surface area contributed by atoms with Crippen LogP contribution >= 0.6 is 0 Å². The highest BCUT2D eigenvalue weighted by molar-refractivity contribution is 4.97. The molecular weight excluding hydrogens is 204 g/mol. The highest BCUT2D eigenvalue weighted by Gasteiger charge is 2.17. The predicted octanol–water partition coefficient (Wildman–Crippen LogP) is 1.53. The van der Waals surface area contributed by atoms with Crippen LogP contribution in [0.2, 0.25) is 0 Å². The molecule has 2 atom stereocenters. The first-order chi connectivity index (χ1) is 7.74. The van der Waals surface area contributed by atoms with Crippen LogP contribution in [0.15, 0.2) is 10.6 Å². The molecule has 4 nitrogen and oxygen atoms in total. The zero-order valence-corrected chi connectivity index (χ0v) is 9.82. The third-order valence-corrected chi connectivity index (χ3v) is 2.84. The molecule has 90 valence electrons. The van der Waals surface area contributed by atoms with Crippen LogP contribution in [0.4, 0.5) is 0 Å². The maximum Gasteiger partial charge on any atom is 0.194 e. The van der Waals surface area contributed by atoms with Gasteiger partial charge in [-0.3, -0.25) is 0 Å². The van der Waals surface area contributed by atoms with E-state index in [1.54, 1.807) is 6.20 Å². The molecule has 0 bridgehead atoms. The Morgan fingerprint density at radius 1 is 1.62 bits per heavy atom. The summed E-state index contributed by atoms with van der Waals surface area (Å²) in [4.78, 5) is 4.29. The number of aromatic nitrogens is 1. The highest BCUT2D eigenvalue weighted by Crippen LogP contribution is 2.19. The number of ether oxygens (including phenoxy) is 1. The molecular formula is C12H20N2O2. The zero-order chi connectivity index (χ0) is 11.4. The van der Waals surface area contributed by atoms with Gasteiger partial charge in [0.2, 0.25) is 0 Å². The van der Waals surface area contributed by atoms with Gasteiger partial charge in [0, 0.05) is 32.1 Å². The molecule has 1 fully saturated rings. The van der Waals surface area contributed by atoms with Crippen molar-refractivity contribution in [3.8, 4) is 0 Å². The summed E-state index contributed by atoms with van der Waals surface area (Å²) in [6, 6.07) is 0.124. The average Bonchev–Trinajstić information content (AvgIpc) is 2.66. The summed E-state index contributed by atoms with van der Waals surface area (Å²) in [5.41, 5.74) is 5.71. The van der Waals surface area contributed by atoms with Crippen molar-refractivity contribution >= 4 is 0 Å². The molecule has 0 spiro atoms. The molecule has 0 amide bonds. The van der Waals surface area contributed by atoms with Gasteiger partial charge in [-0.25, -0.2) is 4.98 Å². The van der Waals surface area contributed by atoms with Gasteiger partial charge in [0.15, 0.2) is 5.89 Å². The minimum Gasteiger partial charge on any atom is -0.446 e. The van der Waals surface area contributed by atoms with E-state index >= 15 is 0 Å². The van der Waals surface area contributed by atoms with Crippen LogP contribution in [0, 0.1) is 5.92 Å². The van der Waals surface area contributed by atoms with Crippen LogP contribution in [-0.4, -0.2) is 24.2 Å². The summed E-state index contributed by atoms with van der Waals surface area (Å²) in [5.74, 6) is 2.28. The first kappa shape index (κ1) is 11.6. The summed E-state index contributed by atoms with van der Waals surface area (Å²) in [5, 5.41) is 0. The van der Waals surface area contributed by atoms with Crippen molar-refractivity contribution in [2.24, 2.45) is 11.7 Å². The molecule has 16 heavy (non-hydrogen) atoms. The van der Waals surface area contributed by atoms with Gasteiger partial charge in [-0.05, 0) is 25.7 Å². The van der Waals surface area contributed by atoms with Crippen molar-refractivity contribution in [1.29, 1.82) is 0 Å². The van der Waals surface area contributed by atoms with E-state index in [-0.39, 0.29) is 6.04 Å². The Bertz CT molecular complexity index is 317. The van der Waals surface area contributed by atoms with E-state index in [1.165, 1.54) is 6.42 Å². The topological polar surface area (TPSA) is 61.3 Å².